The standard InChI is InChI=1S/C15H21FO3/c1-10(2)15(19,9-14(17)18)8-7-12-5-4-6-13(16)11(12)3/h4-6,10,19H,7-9H2,1-3H3,(H,17,18). The Bertz CT molecular complexity index is 457. The molecule has 0 spiro atoms. The van der Waals surface area contributed by atoms with Crippen molar-refractivity contribution in [1.82, 2.24) is 0 Å². The fourth-order valence-electron chi connectivity index (χ4n) is 2.12. The van der Waals surface area contributed by atoms with Gasteiger partial charge in [-0.3, -0.25) is 4.79 Å². The molecule has 0 aliphatic heterocycles. The van der Waals surface area contributed by atoms with Crippen molar-refractivity contribution in [3.63, 3.8) is 0 Å². The first-order valence-electron chi connectivity index (χ1n) is 6.44. The highest BCUT2D eigenvalue weighted by Gasteiger charge is 2.33. The maximum atomic E-state index is 13.4. The minimum atomic E-state index is -1.26. The number of carboxylic acids is 1. The van der Waals surface area contributed by atoms with Gasteiger partial charge in [0.2, 0.25) is 0 Å². The lowest BCUT2D eigenvalue weighted by Crippen LogP contribution is -2.38. The zero-order valence-electron chi connectivity index (χ0n) is 11.6. The van der Waals surface area contributed by atoms with Gasteiger partial charge in [-0.05, 0) is 42.9 Å². The molecular weight excluding hydrogens is 247 g/mol. The molecule has 0 radical (unpaired) electrons. The lowest BCUT2D eigenvalue weighted by atomic mass is 9.81. The van der Waals surface area contributed by atoms with Crippen molar-refractivity contribution >= 4 is 5.97 Å². The van der Waals surface area contributed by atoms with E-state index in [0.717, 1.165) is 5.56 Å². The highest BCUT2D eigenvalue weighted by molar-refractivity contribution is 5.68. The van der Waals surface area contributed by atoms with Crippen LogP contribution >= 0.6 is 0 Å². The van der Waals surface area contributed by atoms with Crippen molar-refractivity contribution in [3.05, 3.63) is 35.1 Å². The summed E-state index contributed by atoms with van der Waals surface area (Å²) in [5.74, 6) is -1.46. The molecule has 4 heteroatoms. The quantitative estimate of drug-likeness (QED) is 0.834. The van der Waals surface area contributed by atoms with E-state index in [-0.39, 0.29) is 18.2 Å². The van der Waals surface area contributed by atoms with Crippen molar-refractivity contribution < 1.29 is 19.4 Å². The second-order valence-electron chi connectivity index (χ2n) is 5.35. The Morgan fingerprint density at radius 2 is 2.05 bits per heavy atom. The van der Waals surface area contributed by atoms with Gasteiger partial charge < -0.3 is 10.2 Å². The summed E-state index contributed by atoms with van der Waals surface area (Å²) in [6.07, 6.45) is 0.478. The molecule has 1 unspecified atom stereocenters. The van der Waals surface area contributed by atoms with E-state index in [2.05, 4.69) is 0 Å². The van der Waals surface area contributed by atoms with Gasteiger partial charge in [0.1, 0.15) is 5.82 Å². The van der Waals surface area contributed by atoms with Crippen molar-refractivity contribution in [1.29, 1.82) is 0 Å². The van der Waals surface area contributed by atoms with Gasteiger partial charge in [0.05, 0.1) is 12.0 Å². The number of carboxylic acid groups (broad SMARTS) is 1. The van der Waals surface area contributed by atoms with E-state index in [1.807, 2.05) is 0 Å². The molecule has 0 amide bonds. The smallest absolute Gasteiger partial charge is 0.306 e. The van der Waals surface area contributed by atoms with Crippen LogP contribution in [0.25, 0.3) is 0 Å². The fraction of sp³-hybridized carbons (Fsp3) is 0.533. The minimum absolute atomic E-state index is 0.169. The van der Waals surface area contributed by atoms with Crippen LogP contribution in [0.2, 0.25) is 0 Å². The molecule has 106 valence electrons. The van der Waals surface area contributed by atoms with Crippen LogP contribution in [0.4, 0.5) is 4.39 Å². The Balaban J connectivity index is 2.82. The van der Waals surface area contributed by atoms with Crippen molar-refractivity contribution in [2.75, 3.05) is 0 Å². The number of aliphatic carboxylic acids is 1. The molecule has 1 aromatic rings. The largest absolute Gasteiger partial charge is 0.481 e. The van der Waals surface area contributed by atoms with E-state index in [0.29, 0.717) is 18.4 Å². The third-order valence-corrected chi connectivity index (χ3v) is 3.74. The summed E-state index contributed by atoms with van der Waals surface area (Å²) in [4.78, 5) is 10.8. The average Bonchev–Trinajstić information content (AvgIpc) is 2.30. The second-order valence-corrected chi connectivity index (χ2v) is 5.35. The van der Waals surface area contributed by atoms with Crippen molar-refractivity contribution in [2.45, 2.75) is 45.6 Å². The molecular formula is C15H21FO3. The van der Waals surface area contributed by atoms with Gasteiger partial charge in [-0.2, -0.15) is 0 Å². The SMILES string of the molecule is Cc1c(F)cccc1CCC(O)(CC(=O)O)C(C)C. The zero-order valence-corrected chi connectivity index (χ0v) is 11.6. The Morgan fingerprint density at radius 1 is 1.42 bits per heavy atom. The predicted octanol–water partition coefficient (Wildman–Crippen LogP) is 2.93. The van der Waals surface area contributed by atoms with Crippen LogP contribution in [0.1, 0.15) is 37.8 Å². The van der Waals surface area contributed by atoms with Crippen LogP contribution in [0.15, 0.2) is 18.2 Å². The molecule has 1 rings (SSSR count). The number of aryl methyl sites for hydroxylation is 1. The highest BCUT2D eigenvalue weighted by Crippen LogP contribution is 2.28. The Hall–Kier alpha value is -1.42. The molecule has 0 aliphatic rings. The summed E-state index contributed by atoms with van der Waals surface area (Å²) in [6.45, 7) is 5.28. The number of halogens is 1. The van der Waals surface area contributed by atoms with Gasteiger partial charge in [-0.25, -0.2) is 4.39 Å². The van der Waals surface area contributed by atoms with E-state index < -0.39 is 11.6 Å². The molecule has 0 aromatic heterocycles. The predicted molar refractivity (Wildman–Crippen MR) is 71.5 cm³/mol. The molecule has 1 atom stereocenters. The number of hydrogen-bond acceptors (Lipinski definition) is 2. The number of hydrogen-bond donors (Lipinski definition) is 2. The summed E-state index contributed by atoms with van der Waals surface area (Å²) >= 11 is 0. The summed E-state index contributed by atoms with van der Waals surface area (Å²) in [5, 5.41) is 19.3. The Labute approximate surface area is 113 Å². The first kappa shape index (κ1) is 15.6. The Morgan fingerprint density at radius 3 is 2.58 bits per heavy atom. The first-order chi connectivity index (χ1) is 8.76. The zero-order chi connectivity index (χ0) is 14.6. The van der Waals surface area contributed by atoms with E-state index in [1.54, 1.807) is 32.9 Å². The summed E-state index contributed by atoms with van der Waals surface area (Å²) in [7, 11) is 0. The molecule has 1 aromatic carbocycles. The molecule has 3 nitrogen and oxygen atoms in total. The average molecular weight is 268 g/mol. The van der Waals surface area contributed by atoms with Crippen molar-refractivity contribution in [3.8, 4) is 0 Å². The molecule has 0 saturated heterocycles. The van der Waals surface area contributed by atoms with Gasteiger partial charge in [-0.1, -0.05) is 26.0 Å². The van der Waals surface area contributed by atoms with Gasteiger partial charge >= 0.3 is 5.97 Å². The molecule has 0 fully saturated rings. The maximum Gasteiger partial charge on any atom is 0.306 e. The number of aliphatic hydroxyl groups is 1. The van der Waals surface area contributed by atoms with Crippen molar-refractivity contribution in [2.24, 2.45) is 5.92 Å². The van der Waals surface area contributed by atoms with Crippen LogP contribution in [0.3, 0.4) is 0 Å². The third-order valence-electron chi connectivity index (χ3n) is 3.74. The van der Waals surface area contributed by atoms with Crippen LogP contribution in [-0.4, -0.2) is 21.8 Å². The second kappa shape index (κ2) is 6.15. The molecule has 0 bridgehead atoms. The minimum Gasteiger partial charge on any atom is -0.481 e. The molecule has 2 N–H and O–H groups in total. The maximum absolute atomic E-state index is 13.4. The topological polar surface area (TPSA) is 57.5 Å². The summed E-state index contributed by atoms with van der Waals surface area (Å²) < 4.78 is 13.4. The first-order valence-corrected chi connectivity index (χ1v) is 6.44. The number of carbonyl (C=O) groups is 1. The van der Waals surface area contributed by atoms with E-state index in [9.17, 15) is 14.3 Å². The summed E-state index contributed by atoms with van der Waals surface area (Å²) in [5.41, 5.74) is 0.110. The third kappa shape index (κ3) is 4.03. The van der Waals surface area contributed by atoms with E-state index in [4.69, 9.17) is 5.11 Å². The van der Waals surface area contributed by atoms with Crippen LogP contribution in [-0.2, 0) is 11.2 Å². The van der Waals surface area contributed by atoms with E-state index >= 15 is 0 Å². The van der Waals surface area contributed by atoms with Crippen LogP contribution in [0, 0.1) is 18.7 Å². The van der Waals surface area contributed by atoms with Crippen LogP contribution < -0.4 is 0 Å². The Kier molecular flexibility index (Phi) is 5.06. The summed E-state index contributed by atoms with van der Waals surface area (Å²) in [6, 6.07) is 4.83. The monoisotopic (exact) mass is 268 g/mol. The van der Waals surface area contributed by atoms with Gasteiger partial charge in [-0.15, -0.1) is 0 Å². The highest BCUT2D eigenvalue weighted by atomic mass is 19.1. The van der Waals surface area contributed by atoms with Gasteiger partial charge in [0, 0.05) is 0 Å². The molecule has 19 heavy (non-hydrogen) atoms. The van der Waals surface area contributed by atoms with Gasteiger partial charge in [0.25, 0.3) is 0 Å². The van der Waals surface area contributed by atoms with Gasteiger partial charge in [0.15, 0.2) is 0 Å². The normalized spacial score (nSPS) is 14.4. The number of benzene rings is 1. The lowest BCUT2D eigenvalue weighted by Gasteiger charge is -2.31. The fourth-order valence-corrected chi connectivity index (χ4v) is 2.12. The molecule has 0 saturated carbocycles. The van der Waals surface area contributed by atoms with Crippen LogP contribution in [0.5, 0.6) is 0 Å². The number of rotatable bonds is 6. The lowest BCUT2D eigenvalue weighted by molar-refractivity contribution is -0.145. The molecule has 0 heterocycles. The molecule has 0 aliphatic carbocycles. The van der Waals surface area contributed by atoms with E-state index in [1.165, 1.54) is 6.07 Å².